The van der Waals surface area contributed by atoms with E-state index < -0.39 is 0 Å². The van der Waals surface area contributed by atoms with Crippen molar-refractivity contribution in [1.82, 2.24) is 9.88 Å². The standard InChI is InChI=1S/C16H20N2O2S/c1-20-11-8-17-15(19)14-12-6-2-3-7-13(12)21-16(14)18-9-4-5-10-18/h4-5,9-10H,2-3,6-8,11H2,1H3,(H,17,19). The van der Waals surface area contributed by atoms with Gasteiger partial charge in [0.15, 0.2) is 0 Å². The molecule has 4 nitrogen and oxygen atoms in total. The van der Waals surface area contributed by atoms with Gasteiger partial charge in [-0.05, 0) is 43.4 Å². The molecule has 0 radical (unpaired) electrons. The lowest BCUT2D eigenvalue weighted by atomic mass is 9.95. The van der Waals surface area contributed by atoms with Gasteiger partial charge in [0.1, 0.15) is 5.00 Å². The molecule has 0 saturated carbocycles. The Balaban J connectivity index is 1.96. The Hall–Kier alpha value is -1.59. The van der Waals surface area contributed by atoms with Crippen LogP contribution >= 0.6 is 11.3 Å². The second-order valence-corrected chi connectivity index (χ2v) is 6.31. The molecule has 0 aliphatic heterocycles. The fourth-order valence-electron chi connectivity index (χ4n) is 2.79. The normalized spacial score (nSPS) is 14.0. The minimum absolute atomic E-state index is 0.0233. The minimum Gasteiger partial charge on any atom is -0.383 e. The molecule has 2 aromatic rings. The SMILES string of the molecule is COCCNC(=O)c1c(-n2cccc2)sc2c1CCCC2. The monoisotopic (exact) mass is 304 g/mol. The number of hydrogen-bond acceptors (Lipinski definition) is 3. The number of hydrogen-bond donors (Lipinski definition) is 1. The molecule has 0 unspecified atom stereocenters. The predicted octanol–water partition coefficient (Wildman–Crippen LogP) is 2.79. The smallest absolute Gasteiger partial charge is 0.254 e. The summed E-state index contributed by atoms with van der Waals surface area (Å²) >= 11 is 1.76. The molecule has 1 aliphatic rings. The number of fused-ring (bicyclic) bond motifs is 1. The van der Waals surface area contributed by atoms with E-state index >= 15 is 0 Å². The summed E-state index contributed by atoms with van der Waals surface area (Å²) in [6.45, 7) is 1.09. The van der Waals surface area contributed by atoms with Crippen LogP contribution in [0.3, 0.4) is 0 Å². The van der Waals surface area contributed by atoms with Crippen LogP contribution in [0.25, 0.3) is 5.00 Å². The minimum atomic E-state index is 0.0233. The fraction of sp³-hybridized carbons (Fsp3) is 0.438. The van der Waals surface area contributed by atoms with Gasteiger partial charge in [0, 0.05) is 30.9 Å². The van der Waals surface area contributed by atoms with E-state index in [0.29, 0.717) is 13.2 Å². The van der Waals surface area contributed by atoms with Gasteiger partial charge in [-0.25, -0.2) is 0 Å². The van der Waals surface area contributed by atoms with Gasteiger partial charge in [-0.3, -0.25) is 4.79 Å². The highest BCUT2D eigenvalue weighted by atomic mass is 32.1. The Bertz CT molecular complexity index is 617. The third-order valence-electron chi connectivity index (χ3n) is 3.81. The molecular formula is C16H20N2O2S. The van der Waals surface area contributed by atoms with Crippen LogP contribution in [0, 0.1) is 0 Å². The lowest BCUT2D eigenvalue weighted by molar-refractivity contribution is 0.0936. The Morgan fingerprint density at radius 3 is 2.86 bits per heavy atom. The zero-order valence-corrected chi connectivity index (χ0v) is 13.0. The first-order chi connectivity index (χ1) is 10.3. The van der Waals surface area contributed by atoms with E-state index in [-0.39, 0.29) is 5.91 Å². The van der Waals surface area contributed by atoms with Gasteiger partial charge < -0.3 is 14.6 Å². The first kappa shape index (κ1) is 14.4. The average Bonchev–Trinajstić information content (AvgIpc) is 3.14. The molecule has 0 spiro atoms. The van der Waals surface area contributed by atoms with Gasteiger partial charge in [-0.15, -0.1) is 11.3 Å². The van der Waals surface area contributed by atoms with Crippen LogP contribution in [-0.2, 0) is 17.6 Å². The zero-order chi connectivity index (χ0) is 14.7. The average molecular weight is 304 g/mol. The second-order valence-electron chi connectivity index (χ2n) is 5.23. The molecule has 3 rings (SSSR count). The summed E-state index contributed by atoms with van der Waals surface area (Å²) in [5, 5.41) is 4.01. The fourth-order valence-corrected chi connectivity index (χ4v) is 4.14. The third-order valence-corrected chi connectivity index (χ3v) is 5.12. The maximum atomic E-state index is 12.6. The van der Waals surface area contributed by atoms with Crippen molar-refractivity contribution in [2.75, 3.05) is 20.3 Å². The Morgan fingerprint density at radius 1 is 1.33 bits per heavy atom. The highest BCUT2D eigenvalue weighted by Gasteiger charge is 2.25. The number of ether oxygens (including phenoxy) is 1. The van der Waals surface area contributed by atoms with Crippen LogP contribution in [0.15, 0.2) is 24.5 Å². The number of carbonyl (C=O) groups is 1. The van der Waals surface area contributed by atoms with Crippen molar-refractivity contribution in [3.63, 3.8) is 0 Å². The van der Waals surface area contributed by atoms with Gasteiger partial charge in [0.25, 0.3) is 5.91 Å². The van der Waals surface area contributed by atoms with Crippen LogP contribution in [-0.4, -0.2) is 30.7 Å². The number of amides is 1. The predicted molar refractivity (Wildman–Crippen MR) is 84.5 cm³/mol. The lowest BCUT2D eigenvalue weighted by Crippen LogP contribution is -2.28. The molecule has 112 valence electrons. The number of nitrogens with zero attached hydrogens (tertiary/aromatic N) is 1. The topological polar surface area (TPSA) is 43.3 Å². The molecule has 0 atom stereocenters. The molecule has 0 bridgehead atoms. The van der Waals surface area contributed by atoms with Gasteiger partial charge in [-0.2, -0.15) is 0 Å². The number of rotatable bonds is 5. The van der Waals surface area contributed by atoms with Crippen LogP contribution < -0.4 is 5.32 Å². The molecule has 0 fully saturated rings. The number of aryl methyl sites for hydroxylation is 1. The summed E-state index contributed by atoms with van der Waals surface area (Å²) < 4.78 is 7.06. The number of methoxy groups -OCH3 is 1. The summed E-state index contributed by atoms with van der Waals surface area (Å²) in [5.74, 6) is 0.0233. The summed E-state index contributed by atoms with van der Waals surface area (Å²) in [6.07, 6.45) is 8.52. The van der Waals surface area contributed by atoms with Crippen molar-refractivity contribution < 1.29 is 9.53 Å². The third kappa shape index (κ3) is 2.89. The highest BCUT2D eigenvalue weighted by molar-refractivity contribution is 7.15. The van der Waals surface area contributed by atoms with Crippen molar-refractivity contribution in [3.05, 3.63) is 40.5 Å². The zero-order valence-electron chi connectivity index (χ0n) is 12.2. The molecule has 21 heavy (non-hydrogen) atoms. The van der Waals surface area contributed by atoms with Gasteiger partial charge in [0.05, 0.1) is 12.2 Å². The van der Waals surface area contributed by atoms with Crippen LogP contribution in [0.1, 0.15) is 33.6 Å². The van der Waals surface area contributed by atoms with Gasteiger partial charge in [-0.1, -0.05) is 0 Å². The molecule has 1 amide bonds. The largest absolute Gasteiger partial charge is 0.383 e. The van der Waals surface area contributed by atoms with Crippen LogP contribution in [0.2, 0.25) is 0 Å². The summed E-state index contributed by atoms with van der Waals surface area (Å²) in [7, 11) is 1.64. The van der Waals surface area contributed by atoms with Crippen LogP contribution in [0.5, 0.6) is 0 Å². The molecule has 2 aromatic heterocycles. The molecular weight excluding hydrogens is 284 g/mol. The van der Waals surface area contributed by atoms with Crippen molar-refractivity contribution in [1.29, 1.82) is 0 Å². The van der Waals surface area contributed by atoms with Crippen molar-refractivity contribution in [2.45, 2.75) is 25.7 Å². The number of thiophene rings is 1. The highest BCUT2D eigenvalue weighted by Crippen LogP contribution is 2.36. The Morgan fingerprint density at radius 2 is 2.10 bits per heavy atom. The Labute approximate surface area is 128 Å². The summed E-state index contributed by atoms with van der Waals surface area (Å²) in [6, 6.07) is 3.98. The van der Waals surface area contributed by atoms with Crippen molar-refractivity contribution in [2.24, 2.45) is 0 Å². The van der Waals surface area contributed by atoms with Crippen LogP contribution in [0.4, 0.5) is 0 Å². The van der Waals surface area contributed by atoms with Gasteiger partial charge >= 0.3 is 0 Å². The summed E-state index contributed by atoms with van der Waals surface area (Å²) in [4.78, 5) is 14.0. The number of aromatic nitrogens is 1. The van der Waals surface area contributed by atoms with Crippen molar-refractivity contribution >= 4 is 17.2 Å². The van der Waals surface area contributed by atoms with Crippen molar-refractivity contribution in [3.8, 4) is 5.00 Å². The summed E-state index contributed by atoms with van der Waals surface area (Å²) in [5.41, 5.74) is 2.12. The van der Waals surface area contributed by atoms with E-state index in [2.05, 4.69) is 5.32 Å². The van der Waals surface area contributed by atoms with E-state index in [1.165, 1.54) is 23.3 Å². The quantitative estimate of drug-likeness (QED) is 0.863. The van der Waals surface area contributed by atoms with Gasteiger partial charge in [0.2, 0.25) is 0 Å². The first-order valence-corrected chi connectivity index (χ1v) is 8.18. The lowest BCUT2D eigenvalue weighted by Gasteiger charge is -2.13. The molecule has 0 aromatic carbocycles. The van der Waals surface area contributed by atoms with E-state index in [9.17, 15) is 4.79 Å². The maximum Gasteiger partial charge on any atom is 0.254 e. The second kappa shape index (κ2) is 6.45. The van der Waals surface area contributed by atoms with E-state index in [1.807, 2.05) is 29.1 Å². The number of nitrogens with one attached hydrogen (secondary N) is 1. The molecule has 1 aliphatic carbocycles. The molecule has 0 saturated heterocycles. The molecule has 1 N–H and O–H groups in total. The molecule has 2 heterocycles. The molecule has 5 heteroatoms. The Kier molecular flexibility index (Phi) is 4.41. The van der Waals surface area contributed by atoms with E-state index in [4.69, 9.17) is 4.74 Å². The van der Waals surface area contributed by atoms with E-state index in [0.717, 1.165) is 23.4 Å². The maximum absolute atomic E-state index is 12.6. The number of carbonyl (C=O) groups excluding carboxylic acids is 1. The first-order valence-electron chi connectivity index (χ1n) is 7.36. The van der Waals surface area contributed by atoms with E-state index in [1.54, 1.807) is 18.4 Å².